The number of carbonyl (C=O) groups excluding carboxylic acids is 2. The molecule has 2 amide bonds. The minimum Gasteiger partial charge on any atom is -0.397 e. The lowest BCUT2D eigenvalue weighted by Crippen LogP contribution is -2.31. The molecule has 3 atom stereocenters. The van der Waals surface area contributed by atoms with Gasteiger partial charge >= 0.3 is 0 Å². The van der Waals surface area contributed by atoms with Crippen LogP contribution in [0.1, 0.15) is 60.3 Å². The van der Waals surface area contributed by atoms with E-state index in [0.717, 1.165) is 33.4 Å². The number of carbonyl (C=O) groups is 2. The molecule has 6 rings (SSSR count). The van der Waals surface area contributed by atoms with Gasteiger partial charge in [0.2, 0.25) is 17.0 Å². The van der Waals surface area contributed by atoms with E-state index in [1.54, 1.807) is 28.9 Å². The Morgan fingerprint density at radius 1 is 0.902 bits per heavy atom. The molecule has 0 aliphatic carbocycles. The van der Waals surface area contributed by atoms with Crippen LogP contribution >= 0.6 is 11.8 Å². The SMILES string of the molecule is Cn1nnnc1SC[C@H]1C[C@@H](c2ccc(CO)cc2)O[C@@H](c2cccc(-c3cccc(CNC(=O)CCCC(=O)Nc4ccccc4N)c3)c2)O1. The van der Waals surface area contributed by atoms with Gasteiger partial charge in [0.15, 0.2) is 6.29 Å². The third kappa shape index (κ3) is 9.79. The van der Waals surface area contributed by atoms with Crippen LogP contribution in [-0.2, 0) is 39.3 Å². The highest BCUT2D eigenvalue weighted by Crippen LogP contribution is 2.40. The van der Waals surface area contributed by atoms with Crippen LogP contribution in [0.5, 0.6) is 0 Å². The number of nitrogens with one attached hydrogen (secondary N) is 2. The summed E-state index contributed by atoms with van der Waals surface area (Å²) in [6.07, 6.45) is 0.567. The quantitative estimate of drug-likeness (QED) is 0.0829. The number of rotatable bonds is 14. The van der Waals surface area contributed by atoms with E-state index >= 15 is 0 Å². The molecule has 13 heteroatoms. The molecular formula is C38H41N7O5S. The topological polar surface area (TPSA) is 167 Å². The highest BCUT2D eigenvalue weighted by atomic mass is 32.2. The van der Waals surface area contributed by atoms with Crippen molar-refractivity contribution in [3.63, 3.8) is 0 Å². The van der Waals surface area contributed by atoms with Gasteiger partial charge in [-0.1, -0.05) is 84.6 Å². The molecule has 51 heavy (non-hydrogen) atoms. The average Bonchev–Trinajstić information content (AvgIpc) is 3.58. The molecule has 5 aromatic rings. The minimum atomic E-state index is -0.612. The number of aliphatic hydroxyl groups excluding tert-OH is 1. The van der Waals surface area contributed by atoms with Gasteiger partial charge in [0.25, 0.3) is 0 Å². The van der Waals surface area contributed by atoms with Gasteiger partial charge in [0, 0.05) is 44.2 Å². The molecule has 264 valence electrons. The minimum absolute atomic E-state index is 0.0187. The molecule has 0 saturated carbocycles. The number of ether oxygens (including phenoxy) is 2. The number of aliphatic hydroxyl groups is 1. The predicted molar refractivity (Wildman–Crippen MR) is 195 cm³/mol. The lowest BCUT2D eigenvalue weighted by molar-refractivity contribution is -0.245. The molecule has 12 nitrogen and oxygen atoms in total. The van der Waals surface area contributed by atoms with Crippen LogP contribution in [0.15, 0.2) is 102 Å². The fraction of sp³-hybridized carbons (Fsp3) is 0.289. The summed E-state index contributed by atoms with van der Waals surface area (Å²) in [5.74, 6) is 0.341. The second-order valence-corrected chi connectivity index (χ2v) is 13.3. The second kappa shape index (κ2) is 17.2. The van der Waals surface area contributed by atoms with Gasteiger partial charge in [0.05, 0.1) is 30.2 Å². The zero-order chi connectivity index (χ0) is 35.6. The van der Waals surface area contributed by atoms with Gasteiger partial charge in [-0.05, 0) is 68.9 Å². The summed E-state index contributed by atoms with van der Waals surface area (Å²) in [5.41, 5.74) is 12.6. The Morgan fingerprint density at radius 2 is 1.67 bits per heavy atom. The Balaban J connectivity index is 1.07. The van der Waals surface area contributed by atoms with Crippen molar-refractivity contribution in [2.45, 2.75) is 62.5 Å². The summed E-state index contributed by atoms with van der Waals surface area (Å²) in [5, 5.41) is 27.8. The molecule has 2 heterocycles. The number of nitrogens with two attached hydrogens (primary N) is 1. The van der Waals surface area contributed by atoms with Crippen LogP contribution in [0.3, 0.4) is 0 Å². The zero-order valence-electron chi connectivity index (χ0n) is 28.3. The number of tetrazole rings is 1. The van der Waals surface area contributed by atoms with Crippen molar-refractivity contribution < 1.29 is 24.2 Å². The van der Waals surface area contributed by atoms with Gasteiger partial charge in [0.1, 0.15) is 0 Å². The summed E-state index contributed by atoms with van der Waals surface area (Å²) in [4.78, 5) is 24.9. The molecule has 1 aliphatic rings. The highest BCUT2D eigenvalue weighted by Gasteiger charge is 2.32. The Morgan fingerprint density at radius 3 is 2.43 bits per heavy atom. The molecule has 5 N–H and O–H groups in total. The van der Waals surface area contributed by atoms with E-state index < -0.39 is 6.29 Å². The first-order valence-electron chi connectivity index (χ1n) is 16.8. The molecule has 0 bridgehead atoms. The van der Waals surface area contributed by atoms with Crippen molar-refractivity contribution in [1.29, 1.82) is 0 Å². The molecule has 0 spiro atoms. The van der Waals surface area contributed by atoms with Gasteiger partial charge < -0.3 is 30.9 Å². The molecule has 1 aromatic heterocycles. The Kier molecular flexibility index (Phi) is 12.1. The summed E-state index contributed by atoms with van der Waals surface area (Å²) in [6, 6.07) is 31.0. The van der Waals surface area contributed by atoms with Gasteiger partial charge in [-0.15, -0.1) is 5.10 Å². The summed E-state index contributed by atoms with van der Waals surface area (Å²) in [6.45, 7) is 0.347. The number of benzene rings is 4. The third-order valence-electron chi connectivity index (χ3n) is 8.55. The van der Waals surface area contributed by atoms with E-state index in [1.165, 1.54) is 11.8 Å². The molecule has 0 unspecified atom stereocenters. The van der Waals surface area contributed by atoms with Crippen molar-refractivity contribution in [3.05, 3.63) is 119 Å². The van der Waals surface area contributed by atoms with E-state index in [9.17, 15) is 14.7 Å². The van der Waals surface area contributed by atoms with Crippen molar-refractivity contribution in [1.82, 2.24) is 25.5 Å². The largest absolute Gasteiger partial charge is 0.397 e. The van der Waals surface area contributed by atoms with Crippen LogP contribution < -0.4 is 16.4 Å². The van der Waals surface area contributed by atoms with Crippen molar-refractivity contribution in [3.8, 4) is 11.1 Å². The van der Waals surface area contributed by atoms with Crippen LogP contribution in [0, 0.1) is 0 Å². The maximum absolute atomic E-state index is 12.6. The summed E-state index contributed by atoms with van der Waals surface area (Å²) < 4.78 is 14.7. The number of nitrogens with zero attached hydrogens (tertiary/aromatic N) is 4. The van der Waals surface area contributed by atoms with Crippen LogP contribution in [0.2, 0.25) is 0 Å². The molecule has 1 fully saturated rings. The smallest absolute Gasteiger partial charge is 0.224 e. The van der Waals surface area contributed by atoms with Crippen LogP contribution in [0.4, 0.5) is 11.4 Å². The monoisotopic (exact) mass is 707 g/mol. The molecular weight excluding hydrogens is 667 g/mol. The number of nitrogen functional groups attached to an aromatic ring is 1. The van der Waals surface area contributed by atoms with Crippen LogP contribution in [-0.4, -0.2) is 49.0 Å². The summed E-state index contributed by atoms with van der Waals surface area (Å²) >= 11 is 1.54. The van der Waals surface area contributed by atoms with Crippen molar-refractivity contribution in [2.75, 3.05) is 16.8 Å². The third-order valence-corrected chi connectivity index (χ3v) is 9.69. The van der Waals surface area contributed by atoms with E-state index in [0.29, 0.717) is 41.7 Å². The second-order valence-electron chi connectivity index (χ2n) is 12.3. The number of anilines is 2. The number of hydrogen-bond donors (Lipinski definition) is 4. The first-order chi connectivity index (χ1) is 24.8. The van der Waals surface area contributed by atoms with E-state index in [-0.39, 0.29) is 43.5 Å². The lowest BCUT2D eigenvalue weighted by atomic mass is 9.99. The number of thioether (sulfide) groups is 1. The molecule has 1 aliphatic heterocycles. The number of amides is 2. The fourth-order valence-electron chi connectivity index (χ4n) is 5.78. The van der Waals surface area contributed by atoms with Crippen LogP contribution in [0.25, 0.3) is 11.1 Å². The zero-order valence-corrected chi connectivity index (χ0v) is 29.1. The maximum Gasteiger partial charge on any atom is 0.224 e. The Labute approximate surface area is 300 Å². The van der Waals surface area contributed by atoms with E-state index in [1.807, 2.05) is 67.7 Å². The number of para-hydroxylation sites is 2. The first-order valence-corrected chi connectivity index (χ1v) is 17.8. The number of aryl methyl sites for hydroxylation is 1. The van der Waals surface area contributed by atoms with E-state index in [2.05, 4.69) is 38.3 Å². The summed E-state index contributed by atoms with van der Waals surface area (Å²) in [7, 11) is 1.81. The standard InChI is InChI=1S/C38H41N7O5S/c1-45-38(42-43-44-45)51-24-31-21-34(27-17-15-25(23-46)16-18-27)50-37(49-31)30-10-5-9-29(20-30)28-8-4-7-26(19-28)22-40-35(47)13-6-14-36(48)41-33-12-3-2-11-32(33)39/h2-5,7-12,15-20,31,34,37,46H,6,13-14,21-24,39H2,1H3,(H,40,47)(H,41,48)/t31-,34+,37+/m1/s1. The Bertz CT molecular complexity index is 1940. The normalized spacial score (nSPS) is 17.2. The molecule has 0 radical (unpaired) electrons. The number of aromatic nitrogens is 4. The van der Waals surface area contributed by atoms with Crippen molar-refractivity contribution >= 4 is 35.0 Å². The molecule has 1 saturated heterocycles. The lowest BCUT2D eigenvalue weighted by Gasteiger charge is -2.36. The average molecular weight is 708 g/mol. The van der Waals surface area contributed by atoms with Gasteiger partial charge in [-0.2, -0.15) is 0 Å². The van der Waals surface area contributed by atoms with Gasteiger partial charge in [-0.25, -0.2) is 4.68 Å². The van der Waals surface area contributed by atoms with Gasteiger partial charge in [-0.3, -0.25) is 9.59 Å². The predicted octanol–water partition coefficient (Wildman–Crippen LogP) is 5.71. The fourth-order valence-corrected chi connectivity index (χ4v) is 6.65. The van der Waals surface area contributed by atoms with Crippen molar-refractivity contribution in [2.24, 2.45) is 7.05 Å². The van der Waals surface area contributed by atoms with E-state index in [4.69, 9.17) is 15.2 Å². The number of hydrogen-bond acceptors (Lipinski definition) is 10. The maximum atomic E-state index is 12.6. The first kappa shape index (κ1) is 35.7. The highest BCUT2D eigenvalue weighted by molar-refractivity contribution is 7.99. The Hall–Kier alpha value is -5.08. The molecule has 4 aromatic carbocycles.